The average molecular weight is 475 g/mol. The van der Waals surface area contributed by atoms with Crippen molar-refractivity contribution in [3.63, 3.8) is 0 Å². The molecule has 0 aliphatic carbocycles. The van der Waals surface area contributed by atoms with Crippen molar-refractivity contribution in [3.8, 4) is 11.5 Å². The van der Waals surface area contributed by atoms with E-state index < -0.39 is 0 Å². The summed E-state index contributed by atoms with van der Waals surface area (Å²) in [5.41, 5.74) is 5.36. The number of hydrogen-bond donors (Lipinski definition) is 0. The zero-order chi connectivity index (χ0) is 24.6. The number of unbranched alkanes of at least 4 members (excludes halogenated alkanes) is 3. The maximum absolute atomic E-state index is 12.5. The molecule has 0 spiro atoms. The van der Waals surface area contributed by atoms with Crippen LogP contribution in [-0.4, -0.2) is 28.9 Å². The average Bonchev–Trinajstić information content (AvgIpc) is 2.88. The van der Waals surface area contributed by atoms with Gasteiger partial charge in [-0.3, -0.25) is 4.79 Å². The highest BCUT2D eigenvalue weighted by atomic mass is 16.5. The molecule has 1 amide bonds. The van der Waals surface area contributed by atoms with Crippen molar-refractivity contribution in [1.29, 1.82) is 0 Å². The molecule has 35 heavy (non-hydrogen) atoms. The lowest BCUT2D eigenvalue weighted by atomic mass is 9.99. The SMILES string of the molecule is CCCCCC(=O)N1CCc2cc(OCc3nc4ccccc4c(OCCCC)c3C)ccc2C1. The number of carbonyl (C=O) groups is 1. The van der Waals surface area contributed by atoms with Gasteiger partial charge in [0, 0.05) is 30.5 Å². The predicted molar refractivity (Wildman–Crippen MR) is 141 cm³/mol. The maximum Gasteiger partial charge on any atom is 0.222 e. The molecule has 0 fully saturated rings. The van der Waals surface area contributed by atoms with E-state index >= 15 is 0 Å². The summed E-state index contributed by atoms with van der Waals surface area (Å²) in [6.45, 7) is 8.98. The molecule has 4 rings (SSSR count). The molecule has 0 atom stereocenters. The Morgan fingerprint density at radius 2 is 1.83 bits per heavy atom. The number of amides is 1. The quantitative estimate of drug-likeness (QED) is 0.288. The van der Waals surface area contributed by atoms with Crippen LogP contribution >= 0.6 is 0 Å². The van der Waals surface area contributed by atoms with Crippen molar-refractivity contribution in [3.05, 3.63) is 64.8 Å². The van der Waals surface area contributed by atoms with Crippen LogP contribution in [0.1, 0.15) is 74.8 Å². The van der Waals surface area contributed by atoms with Gasteiger partial charge in [-0.2, -0.15) is 0 Å². The first kappa shape index (κ1) is 25.0. The fourth-order valence-corrected chi connectivity index (χ4v) is 4.64. The van der Waals surface area contributed by atoms with Gasteiger partial charge in [0.25, 0.3) is 0 Å². The summed E-state index contributed by atoms with van der Waals surface area (Å²) in [5.74, 6) is 2.03. The topological polar surface area (TPSA) is 51.7 Å². The van der Waals surface area contributed by atoms with Gasteiger partial charge in [0.2, 0.25) is 5.91 Å². The van der Waals surface area contributed by atoms with Crippen LogP contribution in [0.4, 0.5) is 0 Å². The minimum absolute atomic E-state index is 0.277. The fourth-order valence-electron chi connectivity index (χ4n) is 4.64. The first-order chi connectivity index (χ1) is 17.1. The molecule has 0 saturated heterocycles. The molecule has 0 radical (unpaired) electrons. The first-order valence-corrected chi connectivity index (χ1v) is 13.1. The van der Waals surface area contributed by atoms with E-state index in [0.29, 0.717) is 26.2 Å². The summed E-state index contributed by atoms with van der Waals surface area (Å²) in [6.07, 6.45) is 6.90. The second kappa shape index (κ2) is 12.1. The summed E-state index contributed by atoms with van der Waals surface area (Å²) in [5, 5.41) is 1.05. The normalized spacial score (nSPS) is 13.1. The molecule has 1 aliphatic heterocycles. The number of pyridine rings is 1. The molecular weight excluding hydrogens is 436 g/mol. The van der Waals surface area contributed by atoms with E-state index in [1.165, 1.54) is 11.1 Å². The lowest BCUT2D eigenvalue weighted by Gasteiger charge is -2.29. The molecule has 2 heterocycles. The van der Waals surface area contributed by atoms with Crippen LogP contribution in [-0.2, 0) is 24.4 Å². The van der Waals surface area contributed by atoms with Gasteiger partial charge in [0.1, 0.15) is 18.1 Å². The molecule has 1 aromatic heterocycles. The third-order valence-corrected chi connectivity index (χ3v) is 6.83. The molecule has 0 saturated carbocycles. The van der Waals surface area contributed by atoms with Gasteiger partial charge >= 0.3 is 0 Å². The monoisotopic (exact) mass is 474 g/mol. The second-order valence-electron chi connectivity index (χ2n) is 9.47. The summed E-state index contributed by atoms with van der Waals surface area (Å²) in [6, 6.07) is 14.4. The van der Waals surface area contributed by atoms with Crippen molar-refractivity contribution in [1.82, 2.24) is 9.88 Å². The molecule has 5 heteroatoms. The van der Waals surface area contributed by atoms with Crippen molar-refractivity contribution in [2.75, 3.05) is 13.2 Å². The largest absolute Gasteiger partial charge is 0.493 e. The van der Waals surface area contributed by atoms with Crippen LogP contribution < -0.4 is 9.47 Å². The van der Waals surface area contributed by atoms with Gasteiger partial charge in [-0.1, -0.05) is 51.3 Å². The molecule has 2 aromatic carbocycles. The summed E-state index contributed by atoms with van der Waals surface area (Å²) in [7, 11) is 0. The van der Waals surface area contributed by atoms with Crippen LogP contribution in [0.2, 0.25) is 0 Å². The molecule has 0 N–H and O–H groups in total. The first-order valence-electron chi connectivity index (χ1n) is 13.1. The third kappa shape index (κ3) is 6.14. The molecule has 3 aromatic rings. The van der Waals surface area contributed by atoms with Gasteiger partial charge in [-0.15, -0.1) is 0 Å². The molecule has 0 unspecified atom stereocenters. The Hall–Kier alpha value is -3.08. The van der Waals surface area contributed by atoms with Crippen LogP contribution in [0.5, 0.6) is 11.5 Å². The number of fused-ring (bicyclic) bond motifs is 2. The zero-order valence-electron chi connectivity index (χ0n) is 21.4. The molecule has 1 aliphatic rings. The van der Waals surface area contributed by atoms with Crippen LogP contribution in [0, 0.1) is 6.92 Å². The highest BCUT2D eigenvalue weighted by molar-refractivity contribution is 5.86. The highest BCUT2D eigenvalue weighted by Gasteiger charge is 2.21. The number of aromatic nitrogens is 1. The number of rotatable bonds is 11. The van der Waals surface area contributed by atoms with Crippen LogP contribution in [0.3, 0.4) is 0 Å². The van der Waals surface area contributed by atoms with E-state index in [-0.39, 0.29) is 5.91 Å². The standard InChI is InChI=1S/C30H38N2O3/c1-4-6-8-13-29(33)32-17-16-23-19-25(15-14-24(23)20-32)35-21-28-22(3)30(34-18-7-5-2)26-11-9-10-12-27(26)31-28/h9-12,14-15,19H,4-8,13,16-18,20-21H2,1-3H3. The fraction of sp³-hybridized carbons (Fsp3) is 0.467. The Bertz CT molecular complexity index is 1160. The number of benzene rings is 2. The number of hydrogen-bond acceptors (Lipinski definition) is 4. The van der Waals surface area contributed by atoms with Gasteiger partial charge in [-0.05, 0) is 61.6 Å². The van der Waals surface area contributed by atoms with Crippen molar-refractivity contribution in [2.24, 2.45) is 0 Å². The van der Waals surface area contributed by atoms with E-state index in [4.69, 9.17) is 14.5 Å². The summed E-state index contributed by atoms with van der Waals surface area (Å²) >= 11 is 0. The summed E-state index contributed by atoms with van der Waals surface area (Å²) < 4.78 is 12.4. The predicted octanol–water partition coefficient (Wildman–Crippen LogP) is 6.77. The van der Waals surface area contributed by atoms with E-state index in [0.717, 1.165) is 78.7 Å². The minimum Gasteiger partial charge on any atom is -0.493 e. The van der Waals surface area contributed by atoms with Gasteiger partial charge < -0.3 is 14.4 Å². The minimum atomic E-state index is 0.277. The van der Waals surface area contributed by atoms with E-state index in [1.807, 2.05) is 29.2 Å². The van der Waals surface area contributed by atoms with Gasteiger partial charge in [0.15, 0.2) is 0 Å². The number of ether oxygens (including phenoxy) is 2. The number of para-hydroxylation sites is 1. The smallest absolute Gasteiger partial charge is 0.222 e. The Balaban J connectivity index is 1.44. The van der Waals surface area contributed by atoms with Crippen molar-refractivity contribution in [2.45, 2.75) is 78.9 Å². The van der Waals surface area contributed by atoms with E-state index in [1.54, 1.807) is 0 Å². The molecule has 186 valence electrons. The second-order valence-corrected chi connectivity index (χ2v) is 9.47. The van der Waals surface area contributed by atoms with Gasteiger partial charge in [0.05, 0.1) is 17.8 Å². The van der Waals surface area contributed by atoms with E-state index in [2.05, 4.69) is 39.0 Å². The Morgan fingerprint density at radius 3 is 2.66 bits per heavy atom. The number of carbonyl (C=O) groups excluding carboxylic acids is 1. The molecular formula is C30H38N2O3. The number of nitrogens with zero attached hydrogens (tertiary/aromatic N) is 2. The Kier molecular flexibility index (Phi) is 8.62. The summed E-state index contributed by atoms with van der Waals surface area (Å²) in [4.78, 5) is 19.4. The molecule has 5 nitrogen and oxygen atoms in total. The highest BCUT2D eigenvalue weighted by Crippen LogP contribution is 2.32. The molecule has 0 bridgehead atoms. The lowest BCUT2D eigenvalue weighted by molar-refractivity contribution is -0.132. The van der Waals surface area contributed by atoms with Crippen LogP contribution in [0.25, 0.3) is 10.9 Å². The Morgan fingerprint density at radius 1 is 1.00 bits per heavy atom. The third-order valence-electron chi connectivity index (χ3n) is 6.83. The maximum atomic E-state index is 12.5. The lowest BCUT2D eigenvalue weighted by Crippen LogP contribution is -2.35. The van der Waals surface area contributed by atoms with Crippen LogP contribution in [0.15, 0.2) is 42.5 Å². The van der Waals surface area contributed by atoms with Crippen molar-refractivity contribution >= 4 is 16.8 Å². The van der Waals surface area contributed by atoms with Crippen molar-refractivity contribution < 1.29 is 14.3 Å². The van der Waals surface area contributed by atoms with Gasteiger partial charge in [-0.25, -0.2) is 4.98 Å². The Labute approximate surface area is 209 Å². The zero-order valence-corrected chi connectivity index (χ0v) is 21.4. The van der Waals surface area contributed by atoms with E-state index in [9.17, 15) is 4.79 Å².